The Hall–Kier alpha value is -2.83. The summed E-state index contributed by atoms with van der Waals surface area (Å²) >= 11 is 6.00. The first kappa shape index (κ1) is 20.4. The quantitative estimate of drug-likeness (QED) is 0.663. The number of rotatable bonds is 4. The highest BCUT2D eigenvalue weighted by molar-refractivity contribution is 6.31. The summed E-state index contributed by atoms with van der Waals surface area (Å²) in [7, 11) is 0. The largest absolute Gasteiger partial charge is 0.372 e. The van der Waals surface area contributed by atoms with E-state index in [4.69, 9.17) is 16.3 Å². The highest BCUT2D eigenvalue weighted by atomic mass is 35.5. The Morgan fingerprint density at radius 2 is 1.80 bits per heavy atom. The van der Waals surface area contributed by atoms with Crippen LogP contribution in [0, 0.1) is 0 Å². The highest BCUT2D eigenvalue weighted by Crippen LogP contribution is 2.20. The Morgan fingerprint density at radius 1 is 1.10 bits per heavy atom. The predicted octanol–water partition coefficient (Wildman–Crippen LogP) is 4.00. The summed E-state index contributed by atoms with van der Waals surface area (Å²) < 4.78 is 5.69. The fraction of sp³-hybridized carbons (Fsp3) is 0.304. The molecule has 3 aromatic rings. The molecule has 156 valence electrons. The standard InChI is InChI=1S/C23H24ClN3O3/c1-14-12-27(13-15(2)30-14)23(29)17-5-3-16(4-6-17)11-25-22(28)21-10-18-9-19(24)7-8-20(18)26-21/h3-10,14-15,26H,11-13H2,1-2H3,(H,25,28). The SMILES string of the molecule is CC1CN(C(=O)c2ccc(CNC(=O)c3cc4cc(Cl)ccc4[nH]3)cc2)CC(C)O1. The molecular formula is C23H24ClN3O3. The van der Waals surface area contributed by atoms with Crippen LogP contribution in [0.5, 0.6) is 0 Å². The summed E-state index contributed by atoms with van der Waals surface area (Å²) in [6.45, 7) is 5.51. The summed E-state index contributed by atoms with van der Waals surface area (Å²) in [5.74, 6) is -0.192. The molecule has 2 amide bonds. The number of aromatic amines is 1. The molecule has 2 heterocycles. The molecule has 1 fully saturated rings. The lowest BCUT2D eigenvalue weighted by Gasteiger charge is -2.35. The van der Waals surface area contributed by atoms with Gasteiger partial charge >= 0.3 is 0 Å². The fourth-order valence-corrected chi connectivity index (χ4v) is 3.98. The number of nitrogens with zero attached hydrogens (tertiary/aromatic N) is 1. The molecule has 0 spiro atoms. The smallest absolute Gasteiger partial charge is 0.267 e. The molecule has 1 aromatic heterocycles. The van der Waals surface area contributed by atoms with Gasteiger partial charge in [0.2, 0.25) is 0 Å². The van der Waals surface area contributed by atoms with Gasteiger partial charge in [0, 0.05) is 41.1 Å². The van der Waals surface area contributed by atoms with Crippen molar-refractivity contribution in [3.8, 4) is 0 Å². The molecule has 2 atom stereocenters. The molecule has 2 aromatic carbocycles. The van der Waals surface area contributed by atoms with Gasteiger partial charge in [0.05, 0.1) is 12.2 Å². The van der Waals surface area contributed by atoms with Gasteiger partial charge in [-0.15, -0.1) is 0 Å². The van der Waals surface area contributed by atoms with Gasteiger partial charge in [-0.25, -0.2) is 0 Å². The summed E-state index contributed by atoms with van der Waals surface area (Å²) in [6, 6.07) is 14.6. The molecule has 0 radical (unpaired) electrons. The van der Waals surface area contributed by atoms with E-state index in [0.29, 0.717) is 35.9 Å². The summed E-state index contributed by atoms with van der Waals surface area (Å²) in [5, 5.41) is 4.42. The zero-order valence-electron chi connectivity index (χ0n) is 16.9. The predicted molar refractivity (Wildman–Crippen MR) is 117 cm³/mol. The molecule has 0 saturated carbocycles. The van der Waals surface area contributed by atoms with Crippen LogP contribution in [0.15, 0.2) is 48.5 Å². The average Bonchev–Trinajstić information content (AvgIpc) is 3.14. The number of carbonyl (C=O) groups excluding carboxylic acids is 2. The number of halogens is 1. The van der Waals surface area contributed by atoms with Crippen LogP contribution in [-0.4, -0.2) is 47.0 Å². The van der Waals surface area contributed by atoms with Crippen LogP contribution in [0.25, 0.3) is 10.9 Å². The zero-order valence-corrected chi connectivity index (χ0v) is 17.7. The van der Waals surface area contributed by atoms with Crippen molar-refractivity contribution in [2.24, 2.45) is 0 Å². The van der Waals surface area contributed by atoms with Crippen molar-refractivity contribution in [2.45, 2.75) is 32.6 Å². The van der Waals surface area contributed by atoms with Gasteiger partial charge in [-0.05, 0) is 55.8 Å². The van der Waals surface area contributed by atoms with E-state index in [2.05, 4.69) is 10.3 Å². The van der Waals surface area contributed by atoms with Crippen molar-refractivity contribution in [2.75, 3.05) is 13.1 Å². The van der Waals surface area contributed by atoms with E-state index in [9.17, 15) is 9.59 Å². The van der Waals surface area contributed by atoms with Crippen LogP contribution < -0.4 is 5.32 Å². The minimum absolute atomic E-state index is 0.00400. The second-order valence-corrected chi connectivity index (χ2v) is 8.20. The van der Waals surface area contributed by atoms with E-state index in [-0.39, 0.29) is 24.0 Å². The van der Waals surface area contributed by atoms with Crippen LogP contribution in [0.4, 0.5) is 0 Å². The Morgan fingerprint density at radius 3 is 2.50 bits per heavy atom. The topological polar surface area (TPSA) is 74.4 Å². The lowest BCUT2D eigenvalue weighted by molar-refractivity contribution is -0.0586. The second kappa shape index (κ2) is 8.50. The molecule has 0 aliphatic carbocycles. The number of aromatic nitrogens is 1. The summed E-state index contributed by atoms with van der Waals surface area (Å²) in [5.41, 5.74) is 2.90. The summed E-state index contributed by atoms with van der Waals surface area (Å²) in [6.07, 6.45) is 0.0701. The van der Waals surface area contributed by atoms with Crippen LogP contribution in [-0.2, 0) is 11.3 Å². The number of H-pyrrole nitrogens is 1. The second-order valence-electron chi connectivity index (χ2n) is 7.76. The number of fused-ring (bicyclic) bond motifs is 1. The molecule has 7 heteroatoms. The Bertz CT molecular complexity index is 1070. The molecule has 1 aliphatic rings. The third-order valence-corrected chi connectivity index (χ3v) is 5.42. The Kier molecular flexibility index (Phi) is 5.79. The lowest BCUT2D eigenvalue weighted by Crippen LogP contribution is -2.48. The Balaban J connectivity index is 1.37. The molecule has 1 saturated heterocycles. The minimum atomic E-state index is -0.196. The van der Waals surface area contributed by atoms with Crippen molar-refractivity contribution >= 4 is 34.3 Å². The van der Waals surface area contributed by atoms with E-state index in [0.717, 1.165) is 16.5 Å². The first-order chi connectivity index (χ1) is 14.4. The van der Waals surface area contributed by atoms with Crippen LogP contribution in [0.1, 0.15) is 40.3 Å². The van der Waals surface area contributed by atoms with E-state index in [1.165, 1.54) is 0 Å². The maximum Gasteiger partial charge on any atom is 0.267 e. The van der Waals surface area contributed by atoms with Gasteiger partial charge in [-0.2, -0.15) is 0 Å². The van der Waals surface area contributed by atoms with E-state index in [1.54, 1.807) is 24.3 Å². The normalized spacial score (nSPS) is 19.1. The molecule has 4 rings (SSSR count). The minimum Gasteiger partial charge on any atom is -0.372 e. The van der Waals surface area contributed by atoms with Gasteiger partial charge in [-0.3, -0.25) is 9.59 Å². The molecule has 2 unspecified atom stereocenters. The van der Waals surface area contributed by atoms with Crippen LogP contribution >= 0.6 is 11.6 Å². The van der Waals surface area contributed by atoms with Crippen molar-refractivity contribution in [1.82, 2.24) is 15.2 Å². The third kappa shape index (κ3) is 4.50. The number of benzene rings is 2. The number of carbonyl (C=O) groups is 2. The van der Waals surface area contributed by atoms with Gasteiger partial charge in [0.25, 0.3) is 11.8 Å². The van der Waals surface area contributed by atoms with Gasteiger partial charge in [-0.1, -0.05) is 23.7 Å². The number of nitrogens with one attached hydrogen (secondary N) is 2. The van der Waals surface area contributed by atoms with Crippen molar-refractivity contribution < 1.29 is 14.3 Å². The molecule has 0 bridgehead atoms. The molecular weight excluding hydrogens is 402 g/mol. The van der Waals surface area contributed by atoms with Crippen molar-refractivity contribution in [1.29, 1.82) is 0 Å². The number of ether oxygens (including phenoxy) is 1. The number of amides is 2. The van der Waals surface area contributed by atoms with Crippen LogP contribution in [0.2, 0.25) is 5.02 Å². The molecule has 6 nitrogen and oxygen atoms in total. The maximum atomic E-state index is 12.7. The van der Waals surface area contributed by atoms with E-state index < -0.39 is 0 Å². The molecule has 1 aliphatic heterocycles. The number of morpholine rings is 1. The van der Waals surface area contributed by atoms with E-state index in [1.807, 2.05) is 43.0 Å². The molecule has 30 heavy (non-hydrogen) atoms. The monoisotopic (exact) mass is 425 g/mol. The first-order valence-corrected chi connectivity index (χ1v) is 10.4. The van der Waals surface area contributed by atoms with Crippen LogP contribution in [0.3, 0.4) is 0 Å². The first-order valence-electron chi connectivity index (χ1n) is 9.99. The number of hydrogen-bond acceptors (Lipinski definition) is 3. The fourth-order valence-electron chi connectivity index (χ4n) is 3.79. The molecule has 2 N–H and O–H groups in total. The van der Waals surface area contributed by atoms with Crippen molar-refractivity contribution in [3.05, 3.63) is 70.4 Å². The maximum absolute atomic E-state index is 12.7. The van der Waals surface area contributed by atoms with E-state index >= 15 is 0 Å². The summed E-state index contributed by atoms with van der Waals surface area (Å²) in [4.78, 5) is 30.1. The number of hydrogen-bond donors (Lipinski definition) is 2. The third-order valence-electron chi connectivity index (χ3n) is 5.19. The Labute approximate surface area is 180 Å². The van der Waals surface area contributed by atoms with Gasteiger partial charge in [0.15, 0.2) is 0 Å². The average molecular weight is 426 g/mol. The highest BCUT2D eigenvalue weighted by Gasteiger charge is 2.26. The van der Waals surface area contributed by atoms with Crippen molar-refractivity contribution in [3.63, 3.8) is 0 Å². The zero-order chi connectivity index (χ0) is 21.3. The van der Waals surface area contributed by atoms with Gasteiger partial charge in [0.1, 0.15) is 5.69 Å². The lowest BCUT2D eigenvalue weighted by atomic mass is 10.1. The van der Waals surface area contributed by atoms with Gasteiger partial charge < -0.3 is 19.9 Å².